The van der Waals surface area contributed by atoms with Gasteiger partial charge in [-0.1, -0.05) is 20.8 Å². The highest BCUT2D eigenvalue weighted by molar-refractivity contribution is 6.60. The zero-order valence-corrected chi connectivity index (χ0v) is 18.8. The maximum atomic E-state index is 12.9. The second kappa shape index (κ2) is 13.5. The predicted octanol–water partition coefficient (Wildman–Crippen LogP) is 5.60. The van der Waals surface area contributed by atoms with Crippen LogP contribution < -0.4 is 0 Å². The van der Waals surface area contributed by atoms with Crippen LogP contribution in [-0.2, 0) is 18.3 Å². The molecule has 7 nitrogen and oxygen atoms in total. The summed E-state index contributed by atoms with van der Waals surface area (Å²) >= 11 is 0. The summed E-state index contributed by atoms with van der Waals surface area (Å²) in [6.45, 7) is 10.1. The van der Waals surface area contributed by atoms with Crippen molar-refractivity contribution in [3.8, 4) is 0 Å². The van der Waals surface area contributed by atoms with Crippen LogP contribution in [0.15, 0.2) is 15.5 Å². The van der Waals surface area contributed by atoms with Crippen molar-refractivity contribution >= 4 is 25.9 Å². The highest BCUT2D eigenvalue weighted by Crippen LogP contribution is 2.26. The summed E-state index contributed by atoms with van der Waals surface area (Å²) in [4.78, 5) is 0. The molecular formula is C17H31F4N3O4Si. The highest BCUT2D eigenvalue weighted by atomic mass is 28.4. The average Bonchev–Trinajstić information content (AvgIpc) is 2.70. The highest BCUT2D eigenvalue weighted by Gasteiger charge is 2.52. The molecule has 0 aromatic rings. The number of rotatable bonds is 15. The molecule has 29 heavy (non-hydrogen) atoms. The third-order valence-corrected chi connectivity index (χ3v) is 5.81. The van der Waals surface area contributed by atoms with Crippen molar-refractivity contribution in [2.45, 2.75) is 85.8 Å². The van der Waals surface area contributed by atoms with E-state index in [1.165, 1.54) is 0 Å². The molecule has 0 aromatic carbocycles. The van der Waals surface area contributed by atoms with Crippen molar-refractivity contribution in [3.05, 3.63) is 0 Å². The van der Waals surface area contributed by atoms with Crippen LogP contribution in [0.4, 0.5) is 17.6 Å². The molecule has 0 aliphatic carbocycles. The first-order chi connectivity index (χ1) is 13.5. The van der Waals surface area contributed by atoms with Crippen LogP contribution in [0.25, 0.3) is 0 Å². The molecule has 0 bridgehead atoms. The lowest BCUT2D eigenvalue weighted by molar-refractivity contribution is -0.300. The lowest BCUT2D eigenvalue weighted by atomic mass is 10.3. The van der Waals surface area contributed by atoms with Gasteiger partial charge in [0.05, 0.1) is 29.8 Å². The quantitative estimate of drug-likeness (QED) is 0.108. The Kier molecular flexibility index (Phi) is 12.7. The molecule has 0 rings (SSSR count). The summed E-state index contributed by atoms with van der Waals surface area (Å²) < 4.78 is 70.9. The van der Waals surface area contributed by atoms with Crippen molar-refractivity contribution in [2.24, 2.45) is 15.5 Å². The third-order valence-electron chi connectivity index (χ3n) is 3.73. The van der Waals surface area contributed by atoms with E-state index in [0.29, 0.717) is 36.4 Å². The van der Waals surface area contributed by atoms with Gasteiger partial charge in [-0.15, -0.1) is 15.5 Å². The fourth-order valence-corrected chi connectivity index (χ4v) is 3.22. The zero-order chi connectivity index (χ0) is 22.5. The molecule has 0 aromatic heterocycles. The Morgan fingerprint density at radius 1 is 0.828 bits per heavy atom. The number of nitrogens with zero attached hydrogens (tertiary/aromatic N) is 3. The SMILES string of the molecule is CC/C(C)=N\O[Si](CCCOC(F)(F)C(F)F)(O/N=C(/C)CC)O/N=C(\C)CC. The second-order valence-electron chi connectivity index (χ2n) is 6.31. The van der Waals surface area contributed by atoms with Crippen molar-refractivity contribution in [3.63, 3.8) is 0 Å². The van der Waals surface area contributed by atoms with E-state index >= 15 is 0 Å². The normalized spacial score (nSPS) is 16.0. The van der Waals surface area contributed by atoms with Crippen LogP contribution in [0.5, 0.6) is 0 Å². The smallest absolute Gasteiger partial charge is 0.373 e. The third kappa shape index (κ3) is 11.2. The Hall–Kier alpha value is -1.69. The molecule has 0 fully saturated rings. The summed E-state index contributed by atoms with van der Waals surface area (Å²) in [7, 11) is -3.73. The molecule has 0 saturated heterocycles. The van der Waals surface area contributed by atoms with Crippen LogP contribution in [0.3, 0.4) is 0 Å². The molecule has 0 heterocycles. The molecule has 0 aliphatic rings. The minimum absolute atomic E-state index is 0.0756. The van der Waals surface area contributed by atoms with Crippen LogP contribution in [0.2, 0.25) is 6.04 Å². The van der Waals surface area contributed by atoms with E-state index in [1.807, 2.05) is 20.8 Å². The van der Waals surface area contributed by atoms with Gasteiger partial charge in [-0.25, -0.2) is 8.78 Å². The molecule has 12 heteroatoms. The van der Waals surface area contributed by atoms with Gasteiger partial charge in [-0.2, -0.15) is 8.78 Å². The van der Waals surface area contributed by atoms with Crippen molar-refractivity contribution in [2.75, 3.05) is 6.61 Å². The van der Waals surface area contributed by atoms with Gasteiger partial charge in [0.25, 0.3) is 0 Å². The van der Waals surface area contributed by atoms with Crippen LogP contribution in [0, 0.1) is 0 Å². The fourth-order valence-electron chi connectivity index (χ4n) is 1.38. The van der Waals surface area contributed by atoms with Crippen LogP contribution >= 0.6 is 0 Å². The lowest BCUT2D eigenvalue weighted by Crippen LogP contribution is -2.43. The molecule has 0 atom stereocenters. The number of hydrogen-bond acceptors (Lipinski definition) is 7. The van der Waals surface area contributed by atoms with Gasteiger partial charge in [-0.3, -0.25) is 0 Å². The van der Waals surface area contributed by atoms with Gasteiger partial charge in [-0.05, 0) is 46.5 Å². The number of hydrogen-bond donors (Lipinski definition) is 0. The topological polar surface area (TPSA) is 74.0 Å². The molecule has 0 N–H and O–H groups in total. The molecule has 170 valence electrons. The van der Waals surface area contributed by atoms with E-state index in [9.17, 15) is 17.6 Å². The monoisotopic (exact) mass is 445 g/mol. The fraction of sp³-hybridized carbons (Fsp3) is 0.824. The van der Waals surface area contributed by atoms with Gasteiger partial charge in [0.2, 0.25) is 0 Å². The second-order valence-corrected chi connectivity index (χ2v) is 8.73. The molecule has 0 spiro atoms. The van der Waals surface area contributed by atoms with Crippen LogP contribution in [0.1, 0.15) is 67.2 Å². The Balaban J connectivity index is 5.49. The largest absolute Gasteiger partial charge is 0.762 e. The summed E-state index contributed by atoms with van der Waals surface area (Å²) in [6.07, 6.45) is -6.76. The first-order valence-electron chi connectivity index (χ1n) is 9.46. The Morgan fingerprint density at radius 3 is 1.52 bits per heavy atom. The van der Waals surface area contributed by atoms with Crippen molar-refractivity contribution in [1.82, 2.24) is 0 Å². The van der Waals surface area contributed by atoms with E-state index in [4.69, 9.17) is 13.6 Å². The average molecular weight is 446 g/mol. The van der Waals surface area contributed by atoms with Gasteiger partial charge in [0.1, 0.15) is 0 Å². The Morgan fingerprint density at radius 2 is 1.21 bits per heavy atom. The maximum absolute atomic E-state index is 12.9. The Labute approximate surface area is 170 Å². The molecule has 0 aliphatic heterocycles. The van der Waals surface area contributed by atoms with Gasteiger partial charge < -0.3 is 18.3 Å². The molecule has 0 radical (unpaired) electrons. The van der Waals surface area contributed by atoms with Gasteiger partial charge in [0.15, 0.2) is 0 Å². The zero-order valence-electron chi connectivity index (χ0n) is 17.8. The standard InChI is InChI=1S/C17H31F4N3O4Si/c1-7-13(4)22-26-29(27-23-14(5)8-2,28-24-15(6)9-3)12-10-11-25-17(20,21)16(18)19/h16H,7-12H2,1-6H3/b22-13-,23-14-,24-15+. The summed E-state index contributed by atoms with van der Waals surface area (Å²) in [5, 5.41) is 11.9. The van der Waals surface area contributed by atoms with E-state index in [0.717, 1.165) is 0 Å². The molecule has 0 saturated carbocycles. The molecule has 0 amide bonds. The van der Waals surface area contributed by atoms with E-state index in [-0.39, 0.29) is 12.5 Å². The predicted molar refractivity (Wildman–Crippen MR) is 106 cm³/mol. The van der Waals surface area contributed by atoms with E-state index in [1.54, 1.807) is 20.8 Å². The van der Waals surface area contributed by atoms with Crippen molar-refractivity contribution < 1.29 is 35.9 Å². The van der Waals surface area contributed by atoms with Crippen LogP contribution in [-0.4, -0.2) is 45.1 Å². The lowest BCUT2D eigenvalue weighted by Gasteiger charge is -2.23. The van der Waals surface area contributed by atoms with Gasteiger partial charge in [0, 0.05) is 0 Å². The summed E-state index contributed by atoms with van der Waals surface area (Å²) in [5.41, 5.74) is 1.92. The molecular weight excluding hydrogens is 414 g/mol. The van der Waals surface area contributed by atoms with E-state index < -0.39 is 27.9 Å². The number of ether oxygens (including phenoxy) is 1. The first-order valence-corrected chi connectivity index (χ1v) is 11.4. The number of alkyl halides is 4. The minimum atomic E-state index is -4.53. The Bertz CT molecular complexity index is 520. The maximum Gasteiger partial charge on any atom is 0.762 e. The first kappa shape index (κ1) is 27.3. The number of oxime groups is 3. The minimum Gasteiger partial charge on any atom is -0.373 e. The summed E-state index contributed by atoms with van der Waals surface area (Å²) in [5.74, 6) is 0. The number of halogens is 4. The van der Waals surface area contributed by atoms with E-state index in [2.05, 4.69) is 20.2 Å². The van der Waals surface area contributed by atoms with Gasteiger partial charge >= 0.3 is 21.3 Å². The summed E-state index contributed by atoms with van der Waals surface area (Å²) in [6, 6.07) is -0.0756. The molecule has 0 unspecified atom stereocenters. The van der Waals surface area contributed by atoms with Crippen molar-refractivity contribution in [1.29, 1.82) is 0 Å².